The summed E-state index contributed by atoms with van der Waals surface area (Å²) in [6.07, 6.45) is 1.38. The van der Waals surface area contributed by atoms with E-state index in [1.165, 1.54) is 12.3 Å². The van der Waals surface area contributed by atoms with Crippen LogP contribution in [-0.4, -0.2) is 22.3 Å². The molecule has 6 nitrogen and oxygen atoms in total. The monoisotopic (exact) mass is 603 g/mol. The summed E-state index contributed by atoms with van der Waals surface area (Å²) in [6, 6.07) is 12.6. The summed E-state index contributed by atoms with van der Waals surface area (Å²) >= 11 is 4.43. The molecule has 3 aromatic rings. The first kappa shape index (κ1) is 20.7. The van der Waals surface area contributed by atoms with Gasteiger partial charge in [-0.25, -0.2) is 9.38 Å². The van der Waals surface area contributed by atoms with Gasteiger partial charge in [0, 0.05) is 26.3 Å². The smallest absolute Gasteiger partial charge is 0.256 e. The zero-order valence-corrected chi connectivity index (χ0v) is 18.9. The third kappa shape index (κ3) is 4.69. The molecule has 144 valence electrons. The van der Waals surface area contributed by atoms with Crippen molar-refractivity contribution in [3.63, 3.8) is 0 Å². The maximum Gasteiger partial charge on any atom is 0.256 e. The number of aliphatic imine (C=N–C) groups is 1. The average molecular weight is 603 g/mol. The van der Waals surface area contributed by atoms with Crippen molar-refractivity contribution in [2.24, 2.45) is 10.7 Å². The molecule has 9 heteroatoms. The lowest BCUT2D eigenvalue weighted by atomic mass is 10.1. The first-order valence-electron chi connectivity index (χ1n) is 8.21. The van der Waals surface area contributed by atoms with Gasteiger partial charge in [0.15, 0.2) is 11.6 Å². The van der Waals surface area contributed by atoms with Gasteiger partial charge in [-0.3, -0.25) is 9.89 Å². The molecule has 0 atom stereocenters. The van der Waals surface area contributed by atoms with Crippen molar-refractivity contribution in [3.8, 4) is 0 Å². The molecule has 2 aromatic carbocycles. The van der Waals surface area contributed by atoms with Crippen LogP contribution in [0.4, 0.5) is 21.7 Å². The topological polar surface area (TPSA) is 96.2 Å². The van der Waals surface area contributed by atoms with E-state index < -0.39 is 5.91 Å². The number of aromatic amines is 1. The molecule has 0 radical (unpaired) electrons. The first-order chi connectivity index (χ1) is 13.5. The SMILES string of the molecule is NC(=O)c1c(Nc2cccc(CI)c2)n[nH]c1/N=C/c1c(F)cccc1CI. The summed E-state index contributed by atoms with van der Waals surface area (Å²) in [5.74, 6) is -0.626. The molecular formula is C19H16FI2N5O. The predicted octanol–water partition coefficient (Wildman–Crippen LogP) is 5.01. The van der Waals surface area contributed by atoms with E-state index in [0.717, 1.165) is 21.2 Å². The van der Waals surface area contributed by atoms with E-state index in [1.807, 2.05) is 30.3 Å². The highest BCUT2D eigenvalue weighted by molar-refractivity contribution is 14.1. The lowest BCUT2D eigenvalue weighted by Gasteiger charge is -2.06. The van der Waals surface area contributed by atoms with Crippen molar-refractivity contribution in [2.75, 3.05) is 5.32 Å². The van der Waals surface area contributed by atoms with Gasteiger partial charge >= 0.3 is 0 Å². The van der Waals surface area contributed by atoms with Crippen molar-refractivity contribution in [1.29, 1.82) is 0 Å². The Morgan fingerprint density at radius 2 is 2.04 bits per heavy atom. The van der Waals surface area contributed by atoms with Crippen molar-refractivity contribution >= 4 is 74.6 Å². The molecule has 0 unspecified atom stereocenters. The van der Waals surface area contributed by atoms with Gasteiger partial charge in [0.25, 0.3) is 5.91 Å². The van der Waals surface area contributed by atoms with Crippen LogP contribution in [0.1, 0.15) is 27.0 Å². The quantitative estimate of drug-likeness (QED) is 0.201. The van der Waals surface area contributed by atoms with Crippen molar-refractivity contribution in [1.82, 2.24) is 10.2 Å². The van der Waals surface area contributed by atoms with Gasteiger partial charge in [-0.15, -0.1) is 0 Å². The summed E-state index contributed by atoms with van der Waals surface area (Å²) in [4.78, 5) is 16.2. The zero-order chi connectivity index (χ0) is 20.1. The fraction of sp³-hybridized carbons (Fsp3) is 0.105. The van der Waals surface area contributed by atoms with E-state index >= 15 is 0 Å². The van der Waals surface area contributed by atoms with Crippen LogP contribution in [-0.2, 0) is 8.86 Å². The number of nitrogens with zero attached hydrogens (tertiary/aromatic N) is 2. The van der Waals surface area contributed by atoms with Crippen LogP contribution in [0.3, 0.4) is 0 Å². The minimum Gasteiger partial charge on any atom is -0.365 e. The Kier molecular flexibility index (Phi) is 6.99. The van der Waals surface area contributed by atoms with Gasteiger partial charge in [-0.2, -0.15) is 5.10 Å². The minimum absolute atomic E-state index is 0.114. The van der Waals surface area contributed by atoms with Crippen LogP contribution < -0.4 is 11.1 Å². The van der Waals surface area contributed by atoms with Gasteiger partial charge in [0.05, 0.1) is 0 Å². The molecular weight excluding hydrogens is 587 g/mol. The van der Waals surface area contributed by atoms with Crippen molar-refractivity contribution in [2.45, 2.75) is 8.86 Å². The Morgan fingerprint density at radius 3 is 2.75 bits per heavy atom. The number of nitrogens with one attached hydrogen (secondary N) is 2. The Morgan fingerprint density at radius 1 is 1.25 bits per heavy atom. The molecule has 1 heterocycles. The van der Waals surface area contributed by atoms with Gasteiger partial charge in [-0.1, -0.05) is 69.4 Å². The number of carbonyl (C=O) groups excluding carboxylic acids is 1. The molecule has 0 spiro atoms. The third-order valence-electron chi connectivity index (χ3n) is 3.95. The van der Waals surface area contributed by atoms with E-state index in [1.54, 1.807) is 6.07 Å². The molecule has 4 N–H and O–H groups in total. The van der Waals surface area contributed by atoms with Crippen LogP contribution in [0.5, 0.6) is 0 Å². The number of carbonyl (C=O) groups is 1. The van der Waals surface area contributed by atoms with Crippen LogP contribution in [0.15, 0.2) is 47.5 Å². The van der Waals surface area contributed by atoms with Crippen molar-refractivity contribution in [3.05, 3.63) is 70.5 Å². The van der Waals surface area contributed by atoms with Gasteiger partial charge in [0.2, 0.25) is 0 Å². The second kappa shape index (κ2) is 9.45. The van der Waals surface area contributed by atoms with Crippen LogP contribution in [0.25, 0.3) is 0 Å². The summed E-state index contributed by atoms with van der Waals surface area (Å²) in [7, 11) is 0. The Hall–Kier alpha value is -2.02. The Labute approximate surface area is 188 Å². The average Bonchev–Trinajstić information content (AvgIpc) is 3.09. The lowest BCUT2D eigenvalue weighted by molar-refractivity contribution is 0.100. The van der Waals surface area contributed by atoms with Crippen LogP contribution >= 0.6 is 45.2 Å². The van der Waals surface area contributed by atoms with Gasteiger partial charge < -0.3 is 11.1 Å². The molecule has 28 heavy (non-hydrogen) atoms. The zero-order valence-electron chi connectivity index (χ0n) is 14.5. The van der Waals surface area contributed by atoms with Crippen LogP contribution in [0, 0.1) is 5.82 Å². The van der Waals surface area contributed by atoms with Gasteiger partial charge in [0.1, 0.15) is 11.4 Å². The number of anilines is 2. The highest BCUT2D eigenvalue weighted by Crippen LogP contribution is 2.27. The largest absolute Gasteiger partial charge is 0.365 e. The van der Waals surface area contributed by atoms with Gasteiger partial charge in [-0.05, 0) is 29.3 Å². The number of H-pyrrole nitrogens is 1. The fourth-order valence-electron chi connectivity index (χ4n) is 2.59. The van der Waals surface area contributed by atoms with E-state index in [2.05, 4.69) is 65.7 Å². The fourth-order valence-corrected chi connectivity index (χ4v) is 3.73. The maximum atomic E-state index is 14.1. The molecule has 3 rings (SSSR count). The Bertz CT molecular complexity index is 1030. The number of nitrogens with two attached hydrogens (primary N) is 1. The number of amides is 1. The summed E-state index contributed by atoms with van der Waals surface area (Å²) in [5.41, 5.74) is 8.73. The molecule has 1 aromatic heterocycles. The second-order valence-electron chi connectivity index (χ2n) is 5.82. The molecule has 0 fully saturated rings. The number of aromatic nitrogens is 2. The Balaban J connectivity index is 1.94. The number of hydrogen-bond acceptors (Lipinski definition) is 4. The molecule has 0 bridgehead atoms. The van der Waals surface area contributed by atoms with Crippen molar-refractivity contribution < 1.29 is 9.18 Å². The number of rotatable bonds is 7. The maximum absolute atomic E-state index is 14.1. The third-order valence-corrected chi connectivity index (χ3v) is 5.65. The predicted molar refractivity (Wildman–Crippen MR) is 126 cm³/mol. The number of primary amides is 1. The number of halogens is 3. The molecule has 0 aliphatic carbocycles. The first-order valence-corrected chi connectivity index (χ1v) is 11.3. The number of benzene rings is 2. The molecule has 0 saturated carbocycles. The summed E-state index contributed by atoms with van der Waals surface area (Å²) in [6.45, 7) is 0. The molecule has 0 saturated heterocycles. The number of alkyl halides is 2. The standard InChI is InChI=1S/C19H16FI2N5O/c20-15-6-2-4-12(9-22)14(15)10-24-18-16(17(23)28)19(27-26-18)25-13-5-1-3-11(7-13)8-21/h1-7,10H,8-9H2,(H2,23,28)(H2,25,26,27)/b24-10+. The van der Waals surface area contributed by atoms with Crippen LogP contribution in [0.2, 0.25) is 0 Å². The second-order valence-corrected chi connectivity index (χ2v) is 7.35. The molecule has 0 aliphatic rings. The molecule has 0 aliphatic heterocycles. The summed E-state index contributed by atoms with van der Waals surface area (Å²) < 4.78 is 15.6. The molecule has 1 amide bonds. The summed E-state index contributed by atoms with van der Waals surface area (Å²) in [5, 5.41) is 9.90. The highest BCUT2D eigenvalue weighted by atomic mass is 127. The van der Waals surface area contributed by atoms with E-state index in [0.29, 0.717) is 9.99 Å². The van der Waals surface area contributed by atoms with E-state index in [-0.39, 0.29) is 23.0 Å². The van der Waals surface area contributed by atoms with E-state index in [9.17, 15) is 9.18 Å². The minimum atomic E-state index is -0.684. The highest BCUT2D eigenvalue weighted by Gasteiger charge is 2.18. The number of hydrogen-bond donors (Lipinski definition) is 3. The normalized spacial score (nSPS) is 11.1. The lowest BCUT2D eigenvalue weighted by Crippen LogP contribution is -2.12. The van der Waals surface area contributed by atoms with E-state index in [4.69, 9.17) is 5.73 Å².